The van der Waals surface area contributed by atoms with Crippen LogP contribution in [0.3, 0.4) is 0 Å². The van der Waals surface area contributed by atoms with Crippen molar-refractivity contribution in [3.05, 3.63) is 12.2 Å². The summed E-state index contributed by atoms with van der Waals surface area (Å²) in [5.41, 5.74) is 1.38. The molecule has 0 unspecified atom stereocenters. The Morgan fingerprint density at radius 1 is 1.38 bits per heavy atom. The maximum Gasteiger partial charge on any atom is 0.0342 e. The van der Waals surface area contributed by atoms with E-state index in [0.29, 0.717) is 5.38 Å². The lowest BCUT2D eigenvalue weighted by Crippen LogP contribution is -2.05. The van der Waals surface area contributed by atoms with E-state index in [9.17, 15) is 0 Å². The van der Waals surface area contributed by atoms with E-state index >= 15 is 0 Å². The summed E-state index contributed by atoms with van der Waals surface area (Å²) in [5, 5.41) is 0.431. The van der Waals surface area contributed by atoms with Gasteiger partial charge in [-0.3, -0.25) is 0 Å². The van der Waals surface area contributed by atoms with Crippen molar-refractivity contribution in [2.75, 3.05) is 0 Å². The molecular formula is C7H11Cl. The third-order valence-electron chi connectivity index (χ3n) is 1.62. The zero-order chi connectivity index (χ0) is 5.98. The van der Waals surface area contributed by atoms with E-state index in [1.807, 2.05) is 0 Å². The second-order valence-corrected chi connectivity index (χ2v) is 3.04. The monoisotopic (exact) mass is 130 g/mol. The highest BCUT2D eigenvalue weighted by Crippen LogP contribution is 2.25. The van der Waals surface area contributed by atoms with E-state index in [2.05, 4.69) is 6.58 Å². The van der Waals surface area contributed by atoms with Crippen molar-refractivity contribution < 1.29 is 0 Å². The molecule has 1 rings (SSSR count). The minimum absolute atomic E-state index is 0.431. The van der Waals surface area contributed by atoms with Crippen molar-refractivity contribution >= 4 is 11.6 Å². The molecular weight excluding hydrogens is 120 g/mol. The first kappa shape index (κ1) is 6.15. The third-order valence-corrected chi connectivity index (χ3v) is 2.06. The van der Waals surface area contributed by atoms with Gasteiger partial charge in [-0.15, -0.1) is 11.6 Å². The number of hydrogen-bond acceptors (Lipinski definition) is 0. The van der Waals surface area contributed by atoms with Crippen LogP contribution in [-0.4, -0.2) is 5.38 Å². The molecule has 1 saturated carbocycles. The highest BCUT2D eigenvalue weighted by atomic mass is 35.5. The molecule has 0 nitrogen and oxygen atoms in total. The maximum absolute atomic E-state index is 5.84. The summed E-state index contributed by atoms with van der Waals surface area (Å²) >= 11 is 5.84. The number of halogens is 1. The van der Waals surface area contributed by atoms with E-state index in [4.69, 9.17) is 11.6 Å². The van der Waals surface area contributed by atoms with Crippen molar-refractivity contribution in [1.29, 1.82) is 0 Å². The van der Waals surface area contributed by atoms with Gasteiger partial charge in [0.05, 0.1) is 0 Å². The molecule has 1 aliphatic carbocycles. The average molecular weight is 131 g/mol. The minimum atomic E-state index is 0.431. The van der Waals surface area contributed by atoms with E-state index in [1.54, 1.807) is 0 Å². The first-order valence-electron chi connectivity index (χ1n) is 3.10. The Morgan fingerprint density at radius 3 is 2.25 bits per heavy atom. The summed E-state index contributed by atoms with van der Waals surface area (Å²) in [6.45, 7) is 3.89. The first-order chi connectivity index (χ1) is 3.79. The molecule has 0 aromatic rings. The molecule has 8 heavy (non-hydrogen) atoms. The fourth-order valence-electron chi connectivity index (χ4n) is 0.991. The summed E-state index contributed by atoms with van der Waals surface area (Å²) in [6.07, 6.45) is 4.57. The molecule has 0 amide bonds. The standard InChI is InChI=1S/C7H11Cl/c1-6-2-4-7(8)5-3-6/h7H,1-5H2. The second-order valence-electron chi connectivity index (χ2n) is 2.42. The molecule has 0 spiro atoms. The topological polar surface area (TPSA) is 0 Å². The van der Waals surface area contributed by atoms with Gasteiger partial charge in [-0.1, -0.05) is 12.2 Å². The van der Waals surface area contributed by atoms with Crippen LogP contribution in [0.5, 0.6) is 0 Å². The van der Waals surface area contributed by atoms with Gasteiger partial charge in [-0.05, 0) is 25.7 Å². The molecule has 1 fully saturated rings. The lowest BCUT2D eigenvalue weighted by Gasteiger charge is -2.16. The van der Waals surface area contributed by atoms with Crippen LogP contribution >= 0.6 is 11.6 Å². The average Bonchev–Trinajstić information content (AvgIpc) is 1.77. The minimum Gasteiger partial charge on any atom is -0.123 e. The van der Waals surface area contributed by atoms with E-state index in [-0.39, 0.29) is 0 Å². The summed E-state index contributed by atoms with van der Waals surface area (Å²) in [5.74, 6) is 0. The quantitative estimate of drug-likeness (QED) is 0.350. The molecule has 0 aromatic carbocycles. The fourth-order valence-corrected chi connectivity index (χ4v) is 1.21. The molecule has 0 bridgehead atoms. The van der Waals surface area contributed by atoms with Crippen molar-refractivity contribution in [2.24, 2.45) is 0 Å². The molecule has 0 heterocycles. The number of rotatable bonds is 0. The highest BCUT2D eigenvalue weighted by molar-refractivity contribution is 6.20. The normalized spacial score (nSPS) is 23.9. The second kappa shape index (κ2) is 2.54. The van der Waals surface area contributed by atoms with Crippen LogP contribution in [0.2, 0.25) is 0 Å². The van der Waals surface area contributed by atoms with Crippen LogP contribution in [0, 0.1) is 0 Å². The SMILES string of the molecule is C=C1CCC(Cl)CC1. The van der Waals surface area contributed by atoms with Gasteiger partial charge in [0.15, 0.2) is 0 Å². The molecule has 0 radical (unpaired) electrons. The van der Waals surface area contributed by atoms with E-state index in [0.717, 1.165) is 25.7 Å². The summed E-state index contributed by atoms with van der Waals surface area (Å²) in [4.78, 5) is 0. The Bertz CT molecular complexity index is 86.6. The molecule has 0 atom stereocenters. The van der Waals surface area contributed by atoms with Crippen LogP contribution in [0.25, 0.3) is 0 Å². The third kappa shape index (κ3) is 1.52. The summed E-state index contributed by atoms with van der Waals surface area (Å²) in [7, 11) is 0. The molecule has 0 saturated heterocycles. The maximum atomic E-state index is 5.84. The van der Waals surface area contributed by atoms with Crippen molar-refractivity contribution in [3.8, 4) is 0 Å². The van der Waals surface area contributed by atoms with Crippen LogP contribution < -0.4 is 0 Å². The fraction of sp³-hybridized carbons (Fsp3) is 0.714. The Kier molecular flexibility index (Phi) is 1.95. The Morgan fingerprint density at radius 2 is 1.88 bits per heavy atom. The van der Waals surface area contributed by atoms with Crippen molar-refractivity contribution in [3.63, 3.8) is 0 Å². The van der Waals surface area contributed by atoms with Gasteiger partial charge in [0.2, 0.25) is 0 Å². The van der Waals surface area contributed by atoms with Crippen LogP contribution in [0.1, 0.15) is 25.7 Å². The van der Waals surface area contributed by atoms with Crippen molar-refractivity contribution in [2.45, 2.75) is 31.1 Å². The lowest BCUT2D eigenvalue weighted by atomic mass is 9.96. The zero-order valence-electron chi connectivity index (χ0n) is 4.99. The van der Waals surface area contributed by atoms with Gasteiger partial charge < -0.3 is 0 Å². The number of alkyl halides is 1. The zero-order valence-corrected chi connectivity index (χ0v) is 5.75. The van der Waals surface area contributed by atoms with Gasteiger partial charge in [-0.2, -0.15) is 0 Å². The lowest BCUT2D eigenvalue weighted by molar-refractivity contribution is 0.609. The van der Waals surface area contributed by atoms with Gasteiger partial charge in [0, 0.05) is 5.38 Å². The van der Waals surface area contributed by atoms with E-state index < -0.39 is 0 Å². The highest BCUT2D eigenvalue weighted by Gasteiger charge is 2.11. The largest absolute Gasteiger partial charge is 0.123 e. The summed E-state index contributed by atoms with van der Waals surface area (Å²) < 4.78 is 0. The van der Waals surface area contributed by atoms with Gasteiger partial charge in [0.1, 0.15) is 0 Å². The van der Waals surface area contributed by atoms with Gasteiger partial charge in [-0.25, -0.2) is 0 Å². The molecule has 0 N–H and O–H groups in total. The molecule has 1 aliphatic rings. The predicted molar refractivity (Wildman–Crippen MR) is 37.2 cm³/mol. The number of hydrogen-bond donors (Lipinski definition) is 0. The Hall–Kier alpha value is 0.0300. The molecule has 1 heteroatoms. The van der Waals surface area contributed by atoms with Crippen LogP contribution in [-0.2, 0) is 0 Å². The smallest absolute Gasteiger partial charge is 0.0342 e. The first-order valence-corrected chi connectivity index (χ1v) is 3.53. The molecule has 46 valence electrons. The predicted octanol–water partition coefficient (Wildman–Crippen LogP) is 2.72. The van der Waals surface area contributed by atoms with Crippen LogP contribution in [0.15, 0.2) is 12.2 Å². The van der Waals surface area contributed by atoms with Gasteiger partial charge in [0.25, 0.3) is 0 Å². The Labute approximate surface area is 55.5 Å². The van der Waals surface area contributed by atoms with Crippen LogP contribution in [0.4, 0.5) is 0 Å². The molecule has 0 aliphatic heterocycles. The van der Waals surface area contributed by atoms with Crippen molar-refractivity contribution in [1.82, 2.24) is 0 Å². The molecule has 0 aromatic heterocycles. The summed E-state index contributed by atoms with van der Waals surface area (Å²) in [6, 6.07) is 0. The Balaban J connectivity index is 2.29. The van der Waals surface area contributed by atoms with E-state index in [1.165, 1.54) is 5.57 Å². The number of allylic oxidation sites excluding steroid dienone is 1. The van der Waals surface area contributed by atoms with Gasteiger partial charge >= 0.3 is 0 Å².